The quantitative estimate of drug-likeness (QED) is 0.507. The highest BCUT2D eigenvalue weighted by Crippen LogP contribution is 2.31. The lowest BCUT2D eigenvalue weighted by Crippen LogP contribution is -2.14. The van der Waals surface area contributed by atoms with Crippen LogP contribution in [-0.2, 0) is 0 Å². The van der Waals surface area contributed by atoms with Crippen LogP contribution in [0.25, 0.3) is 26.1 Å². The molecule has 0 amide bonds. The zero-order valence-corrected chi connectivity index (χ0v) is 11.9. The third-order valence-corrected chi connectivity index (χ3v) is 4.49. The maximum atomic E-state index is 12.3. The molecule has 4 N–H and O–H groups in total. The molecule has 0 unspecified atom stereocenters. The molecule has 3 aromatic heterocycles. The summed E-state index contributed by atoms with van der Waals surface area (Å²) in [5.74, 6) is -0.0177. The first-order valence-electron chi connectivity index (χ1n) is 6.31. The Bertz CT molecular complexity index is 1180. The molecular weight excluding hydrogens is 300 g/mol. The number of para-hydroxylation sites is 1. The van der Waals surface area contributed by atoms with Crippen molar-refractivity contribution in [2.45, 2.75) is 0 Å². The van der Waals surface area contributed by atoms with Crippen LogP contribution < -0.4 is 17.0 Å². The van der Waals surface area contributed by atoms with Crippen LogP contribution in [0.2, 0.25) is 0 Å². The Kier molecular flexibility index (Phi) is 2.37. The van der Waals surface area contributed by atoms with Gasteiger partial charge in [0.15, 0.2) is 4.96 Å². The number of anilines is 2. The molecule has 106 valence electrons. The fraction of sp³-hybridized carbons (Fsp3) is 0. The van der Waals surface area contributed by atoms with E-state index in [1.807, 2.05) is 30.3 Å². The van der Waals surface area contributed by atoms with Gasteiger partial charge in [-0.25, -0.2) is 4.98 Å². The number of nitrogens with two attached hydrogens (primary N) is 2. The van der Waals surface area contributed by atoms with Gasteiger partial charge in [0.25, 0.3) is 5.56 Å². The van der Waals surface area contributed by atoms with Gasteiger partial charge in [0.1, 0.15) is 28.7 Å². The molecule has 0 saturated heterocycles. The Hall–Kier alpha value is -3.18. The molecule has 0 bridgehead atoms. The number of aromatic nitrogens is 3. The van der Waals surface area contributed by atoms with Crippen molar-refractivity contribution in [3.8, 4) is 6.07 Å². The molecule has 0 spiro atoms. The lowest BCUT2D eigenvalue weighted by atomic mass is 10.1. The van der Waals surface area contributed by atoms with Crippen LogP contribution in [0, 0.1) is 11.3 Å². The zero-order valence-electron chi connectivity index (χ0n) is 11.1. The van der Waals surface area contributed by atoms with E-state index in [9.17, 15) is 10.1 Å². The molecule has 0 radical (unpaired) electrons. The molecule has 3 heterocycles. The standard InChI is InChI=1S/C14H8N6OS/c15-5-6-10-9(12(17)18-11(6)16)13(21)19-14-20(10)7-3-1-2-4-8(7)22-14/h1-4H,(H4,16,17,18). The third-order valence-electron chi connectivity index (χ3n) is 3.47. The van der Waals surface area contributed by atoms with Gasteiger partial charge in [-0.2, -0.15) is 10.2 Å². The molecule has 22 heavy (non-hydrogen) atoms. The molecule has 0 saturated carbocycles. The molecule has 8 heteroatoms. The van der Waals surface area contributed by atoms with E-state index in [4.69, 9.17) is 11.5 Å². The van der Waals surface area contributed by atoms with Gasteiger partial charge in [-0.15, -0.1) is 0 Å². The lowest BCUT2D eigenvalue weighted by molar-refractivity contribution is 1.19. The van der Waals surface area contributed by atoms with Crippen molar-refractivity contribution < 1.29 is 0 Å². The number of thiazole rings is 1. The largest absolute Gasteiger partial charge is 0.383 e. The van der Waals surface area contributed by atoms with Crippen molar-refractivity contribution >= 4 is 49.1 Å². The molecule has 0 aliphatic heterocycles. The summed E-state index contributed by atoms with van der Waals surface area (Å²) >= 11 is 1.36. The van der Waals surface area contributed by atoms with Gasteiger partial charge < -0.3 is 11.5 Å². The number of nitriles is 1. The van der Waals surface area contributed by atoms with Crippen molar-refractivity contribution in [2.75, 3.05) is 11.5 Å². The maximum absolute atomic E-state index is 12.3. The first-order chi connectivity index (χ1) is 10.6. The average molecular weight is 308 g/mol. The summed E-state index contributed by atoms with van der Waals surface area (Å²) in [6.07, 6.45) is 0. The predicted molar refractivity (Wildman–Crippen MR) is 85.7 cm³/mol. The first kappa shape index (κ1) is 12.6. The number of nitrogens with zero attached hydrogens (tertiary/aromatic N) is 4. The Morgan fingerprint density at radius 3 is 2.73 bits per heavy atom. The van der Waals surface area contributed by atoms with Gasteiger partial charge in [-0.05, 0) is 12.1 Å². The van der Waals surface area contributed by atoms with E-state index < -0.39 is 5.56 Å². The van der Waals surface area contributed by atoms with Crippen LogP contribution in [0.3, 0.4) is 0 Å². The molecule has 0 fully saturated rings. The minimum absolute atomic E-state index is 0.00202. The lowest BCUT2D eigenvalue weighted by Gasteiger charge is -2.08. The van der Waals surface area contributed by atoms with Gasteiger partial charge in [-0.3, -0.25) is 9.20 Å². The predicted octanol–water partition coefficient (Wildman–Crippen LogP) is 1.49. The number of hydrogen-bond donors (Lipinski definition) is 2. The average Bonchev–Trinajstić information content (AvgIpc) is 2.84. The van der Waals surface area contributed by atoms with E-state index in [0.717, 1.165) is 10.2 Å². The van der Waals surface area contributed by atoms with E-state index in [-0.39, 0.29) is 22.6 Å². The van der Waals surface area contributed by atoms with Crippen molar-refractivity contribution in [2.24, 2.45) is 0 Å². The second kappa shape index (κ2) is 4.16. The number of benzene rings is 1. The van der Waals surface area contributed by atoms with E-state index in [2.05, 4.69) is 9.97 Å². The minimum atomic E-state index is -0.511. The van der Waals surface area contributed by atoms with Gasteiger partial charge in [0, 0.05) is 0 Å². The van der Waals surface area contributed by atoms with Crippen molar-refractivity contribution in [3.05, 3.63) is 40.2 Å². The Morgan fingerprint density at radius 2 is 1.95 bits per heavy atom. The second-order valence-electron chi connectivity index (χ2n) is 4.70. The number of nitrogen functional groups attached to an aromatic ring is 2. The Morgan fingerprint density at radius 1 is 1.18 bits per heavy atom. The van der Waals surface area contributed by atoms with Crippen LogP contribution >= 0.6 is 11.3 Å². The van der Waals surface area contributed by atoms with Crippen LogP contribution in [0.4, 0.5) is 11.6 Å². The van der Waals surface area contributed by atoms with Crippen molar-refractivity contribution in [3.63, 3.8) is 0 Å². The summed E-state index contributed by atoms with van der Waals surface area (Å²) < 4.78 is 2.68. The summed E-state index contributed by atoms with van der Waals surface area (Å²) in [6, 6.07) is 9.59. The number of fused-ring (bicyclic) bond motifs is 5. The van der Waals surface area contributed by atoms with Gasteiger partial charge >= 0.3 is 0 Å². The number of pyridine rings is 1. The molecule has 0 aliphatic carbocycles. The summed E-state index contributed by atoms with van der Waals surface area (Å²) in [5.41, 5.74) is 12.5. The van der Waals surface area contributed by atoms with Crippen LogP contribution in [0.1, 0.15) is 5.56 Å². The highest BCUT2D eigenvalue weighted by molar-refractivity contribution is 7.23. The van der Waals surface area contributed by atoms with Gasteiger partial charge in [0.05, 0.1) is 15.7 Å². The van der Waals surface area contributed by atoms with Crippen LogP contribution in [-0.4, -0.2) is 14.4 Å². The third kappa shape index (κ3) is 1.45. The van der Waals surface area contributed by atoms with Crippen LogP contribution in [0.15, 0.2) is 29.1 Å². The highest BCUT2D eigenvalue weighted by atomic mass is 32.1. The molecule has 1 aromatic carbocycles. The number of hydrogen-bond acceptors (Lipinski definition) is 7. The van der Waals surface area contributed by atoms with Gasteiger partial charge in [0.2, 0.25) is 0 Å². The van der Waals surface area contributed by atoms with E-state index in [1.165, 1.54) is 11.3 Å². The van der Waals surface area contributed by atoms with E-state index in [0.29, 0.717) is 10.5 Å². The molecule has 4 rings (SSSR count). The summed E-state index contributed by atoms with van der Waals surface area (Å²) in [7, 11) is 0. The zero-order chi connectivity index (χ0) is 15.4. The smallest absolute Gasteiger partial charge is 0.285 e. The molecule has 0 aliphatic rings. The Balaban J connectivity index is 2.48. The normalized spacial score (nSPS) is 11.2. The van der Waals surface area contributed by atoms with E-state index in [1.54, 1.807) is 4.40 Å². The van der Waals surface area contributed by atoms with Crippen LogP contribution in [0.5, 0.6) is 0 Å². The fourth-order valence-corrected chi connectivity index (χ4v) is 3.58. The van der Waals surface area contributed by atoms with Crippen molar-refractivity contribution in [1.29, 1.82) is 5.26 Å². The van der Waals surface area contributed by atoms with E-state index >= 15 is 0 Å². The second-order valence-corrected chi connectivity index (χ2v) is 5.71. The Labute approximate surface area is 127 Å². The molecular formula is C14H8N6OS. The summed E-state index contributed by atoms with van der Waals surface area (Å²) in [5, 5.41) is 9.54. The highest BCUT2D eigenvalue weighted by Gasteiger charge is 2.19. The molecule has 4 aromatic rings. The SMILES string of the molecule is N#Cc1c(N)nc(N)c2c(=O)nc3sc4ccccc4n3c12. The van der Waals surface area contributed by atoms with Crippen molar-refractivity contribution in [1.82, 2.24) is 14.4 Å². The maximum Gasteiger partial charge on any atom is 0.285 e. The monoisotopic (exact) mass is 308 g/mol. The fourth-order valence-electron chi connectivity index (χ4n) is 2.56. The van der Waals surface area contributed by atoms with Gasteiger partial charge in [-0.1, -0.05) is 23.5 Å². The topological polar surface area (TPSA) is 123 Å². The minimum Gasteiger partial charge on any atom is -0.383 e. The summed E-state index contributed by atoms with van der Waals surface area (Å²) in [6.45, 7) is 0. The molecule has 0 atom stereocenters. The summed E-state index contributed by atoms with van der Waals surface area (Å²) in [4.78, 5) is 20.7. The first-order valence-corrected chi connectivity index (χ1v) is 7.12. The molecule has 7 nitrogen and oxygen atoms in total. The number of rotatable bonds is 0.